The summed E-state index contributed by atoms with van der Waals surface area (Å²) < 4.78 is 1.61. The Morgan fingerprint density at radius 3 is 3.12 bits per heavy atom. The molecule has 0 atom stereocenters. The van der Waals surface area contributed by atoms with Crippen LogP contribution in [0.3, 0.4) is 0 Å². The molecule has 0 unspecified atom stereocenters. The van der Waals surface area contributed by atoms with Gasteiger partial charge in [0.1, 0.15) is 0 Å². The van der Waals surface area contributed by atoms with Crippen molar-refractivity contribution in [2.75, 3.05) is 11.9 Å². The number of carbonyl (C=O) groups excluding carboxylic acids is 1. The maximum absolute atomic E-state index is 12.5. The van der Waals surface area contributed by atoms with E-state index in [2.05, 4.69) is 36.4 Å². The summed E-state index contributed by atoms with van der Waals surface area (Å²) in [5.74, 6) is 0.438. The lowest BCUT2D eigenvalue weighted by Crippen LogP contribution is -2.25. The number of amides is 1. The zero-order chi connectivity index (χ0) is 16.5. The van der Waals surface area contributed by atoms with Crippen molar-refractivity contribution in [3.63, 3.8) is 0 Å². The number of nitrogens with zero attached hydrogens (tertiary/aromatic N) is 5. The average Bonchev–Trinajstić information content (AvgIpc) is 3.21. The van der Waals surface area contributed by atoms with Crippen LogP contribution in [0.1, 0.15) is 27.6 Å². The number of carbonyl (C=O) groups is 1. The number of nitrogens with one attached hydrogen (secondary N) is 3. The molecule has 1 aliphatic rings. The highest BCUT2D eigenvalue weighted by Crippen LogP contribution is 2.19. The van der Waals surface area contributed by atoms with Gasteiger partial charge in [0.2, 0.25) is 0 Å². The molecular formula is C15H16N8O. The normalized spacial score (nSPS) is 13.5. The zero-order valence-electron chi connectivity index (χ0n) is 13.1. The van der Waals surface area contributed by atoms with E-state index in [4.69, 9.17) is 0 Å². The van der Waals surface area contributed by atoms with Crippen LogP contribution in [0.4, 0.5) is 5.69 Å². The molecule has 9 nitrogen and oxygen atoms in total. The summed E-state index contributed by atoms with van der Waals surface area (Å²) in [6, 6.07) is 7.35. The fourth-order valence-electron chi connectivity index (χ4n) is 2.79. The minimum absolute atomic E-state index is 0.234. The fourth-order valence-corrected chi connectivity index (χ4v) is 2.79. The van der Waals surface area contributed by atoms with E-state index in [1.54, 1.807) is 4.68 Å². The predicted octanol–water partition coefficient (Wildman–Crippen LogP) is 0.592. The van der Waals surface area contributed by atoms with Crippen LogP contribution in [-0.2, 0) is 13.0 Å². The summed E-state index contributed by atoms with van der Waals surface area (Å²) in [6.45, 7) is 3.36. The summed E-state index contributed by atoms with van der Waals surface area (Å²) in [5, 5.41) is 24.7. The van der Waals surface area contributed by atoms with Gasteiger partial charge in [0, 0.05) is 36.5 Å². The topological polar surface area (TPSA) is 113 Å². The first-order valence-electron chi connectivity index (χ1n) is 7.66. The predicted molar refractivity (Wildman–Crippen MR) is 85.8 cm³/mol. The smallest absolute Gasteiger partial charge is 0.276 e. The molecule has 2 aromatic heterocycles. The molecule has 0 bridgehead atoms. The molecule has 0 fully saturated rings. The van der Waals surface area contributed by atoms with Gasteiger partial charge < -0.3 is 10.6 Å². The first-order valence-corrected chi connectivity index (χ1v) is 7.66. The molecule has 0 radical (unpaired) electrons. The Morgan fingerprint density at radius 2 is 2.29 bits per heavy atom. The van der Waals surface area contributed by atoms with Crippen molar-refractivity contribution < 1.29 is 4.79 Å². The monoisotopic (exact) mass is 324 g/mol. The SMILES string of the molecule is Cc1nnnn1-c1cccc(NC(=O)c2n[nH]c3c2CNCC3)c1. The van der Waals surface area contributed by atoms with Gasteiger partial charge in [0.25, 0.3) is 5.91 Å². The molecule has 122 valence electrons. The molecule has 0 saturated carbocycles. The molecule has 1 aliphatic heterocycles. The fraction of sp³-hybridized carbons (Fsp3) is 0.267. The lowest BCUT2D eigenvalue weighted by atomic mass is 10.1. The van der Waals surface area contributed by atoms with Crippen LogP contribution in [0.15, 0.2) is 24.3 Å². The molecule has 1 amide bonds. The van der Waals surface area contributed by atoms with Crippen molar-refractivity contribution in [1.29, 1.82) is 0 Å². The molecule has 0 saturated heterocycles. The molecule has 4 rings (SSSR count). The van der Waals surface area contributed by atoms with Crippen molar-refractivity contribution in [3.8, 4) is 5.69 Å². The Morgan fingerprint density at radius 1 is 1.38 bits per heavy atom. The molecular weight excluding hydrogens is 308 g/mol. The first-order chi connectivity index (χ1) is 11.7. The summed E-state index contributed by atoms with van der Waals surface area (Å²) in [4.78, 5) is 12.5. The van der Waals surface area contributed by atoms with Gasteiger partial charge in [-0.2, -0.15) is 9.78 Å². The number of tetrazole rings is 1. The highest BCUT2D eigenvalue weighted by molar-refractivity contribution is 6.04. The number of aromatic amines is 1. The molecule has 3 N–H and O–H groups in total. The molecule has 24 heavy (non-hydrogen) atoms. The minimum atomic E-state index is -0.234. The molecule has 3 heterocycles. The highest BCUT2D eigenvalue weighted by Gasteiger charge is 2.21. The summed E-state index contributed by atoms with van der Waals surface area (Å²) in [7, 11) is 0. The number of anilines is 1. The second kappa shape index (κ2) is 5.85. The number of aryl methyl sites for hydroxylation is 1. The van der Waals surface area contributed by atoms with E-state index in [0.717, 1.165) is 29.9 Å². The Kier molecular flexibility index (Phi) is 3.54. The standard InChI is InChI=1S/C15H16N8O/c1-9-18-21-22-23(9)11-4-2-3-10(7-11)17-15(24)14-12-8-16-6-5-13(12)19-20-14/h2-4,7,16H,5-6,8H2,1H3,(H,17,24)(H,19,20). The van der Waals surface area contributed by atoms with Gasteiger partial charge in [-0.25, -0.2) is 0 Å². The summed E-state index contributed by atoms with van der Waals surface area (Å²) in [6.07, 6.45) is 0.851. The van der Waals surface area contributed by atoms with E-state index >= 15 is 0 Å². The van der Waals surface area contributed by atoms with Gasteiger partial charge in [-0.3, -0.25) is 9.89 Å². The first kappa shape index (κ1) is 14.5. The summed E-state index contributed by atoms with van der Waals surface area (Å²) in [5.41, 5.74) is 3.83. The largest absolute Gasteiger partial charge is 0.321 e. The number of aromatic nitrogens is 6. The summed E-state index contributed by atoms with van der Waals surface area (Å²) >= 11 is 0. The van der Waals surface area contributed by atoms with Crippen LogP contribution >= 0.6 is 0 Å². The Labute approximate surface area is 137 Å². The van der Waals surface area contributed by atoms with E-state index in [1.807, 2.05) is 31.2 Å². The molecule has 1 aromatic carbocycles. The third-order valence-corrected chi connectivity index (χ3v) is 4.00. The molecule has 0 spiro atoms. The number of H-pyrrole nitrogens is 1. The van der Waals surface area contributed by atoms with E-state index in [1.165, 1.54) is 0 Å². The van der Waals surface area contributed by atoms with Crippen molar-refractivity contribution in [2.45, 2.75) is 19.9 Å². The molecule has 0 aliphatic carbocycles. The van der Waals surface area contributed by atoms with E-state index in [9.17, 15) is 4.79 Å². The van der Waals surface area contributed by atoms with Crippen molar-refractivity contribution in [2.24, 2.45) is 0 Å². The number of benzene rings is 1. The van der Waals surface area contributed by atoms with E-state index < -0.39 is 0 Å². The quantitative estimate of drug-likeness (QED) is 0.650. The third kappa shape index (κ3) is 2.54. The number of rotatable bonds is 3. The zero-order valence-corrected chi connectivity index (χ0v) is 13.1. The van der Waals surface area contributed by atoms with Gasteiger partial charge in [0.15, 0.2) is 11.5 Å². The average molecular weight is 324 g/mol. The van der Waals surface area contributed by atoms with Crippen LogP contribution in [0.25, 0.3) is 5.69 Å². The van der Waals surface area contributed by atoms with Crippen LogP contribution < -0.4 is 10.6 Å². The second-order valence-corrected chi connectivity index (χ2v) is 5.60. The Balaban J connectivity index is 1.58. The van der Waals surface area contributed by atoms with Gasteiger partial charge in [-0.05, 0) is 35.5 Å². The van der Waals surface area contributed by atoms with Crippen LogP contribution in [0.5, 0.6) is 0 Å². The number of fused-ring (bicyclic) bond motifs is 1. The Bertz CT molecular complexity index is 897. The van der Waals surface area contributed by atoms with Crippen molar-refractivity contribution >= 4 is 11.6 Å². The minimum Gasteiger partial charge on any atom is -0.321 e. The van der Waals surface area contributed by atoms with Gasteiger partial charge in [-0.15, -0.1) is 5.10 Å². The molecule has 3 aromatic rings. The number of hydrogen-bond acceptors (Lipinski definition) is 6. The third-order valence-electron chi connectivity index (χ3n) is 4.00. The van der Waals surface area contributed by atoms with Gasteiger partial charge in [-0.1, -0.05) is 6.07 Å². The van der Waals surface area contributed by atoms with Crippen LogP contribution in [-0.4, -0.2) is 42.9 Å². The lowest BCUT2D eigenvalue weighted by molar-refractivity contribution is 0.102. The van der Waals surface area contributed by atoms with Crippen molar-refractivity contribution in [3.05, 3.63) is 47.0 Å². The molecule has 9 heteroatoms. The van der Waals surface area contributed by atoms with Crippen LogP contribution in [0, 0.1) is 6.92 Å². The maximum atomic E-state index is 12.5. The second-order valence-electron chi connectivity index (χ2n) is 5.60. The lowest BCUT2D eigenvalue weighted by Gasteiger charge is -2.13. The van der Waals surface area contributed by atoms with Crippen LogP contribution in [0.2, 0.25) is 0 Å². The highest BCUT2D eigenvalue weighted by atomic mass is 16.1. The van der Waals surface area contributed by atoms with E-state index in [-0.39, 0.29) is 5.91 Å². The van der Waals surface area contributed by atoms with Crippen molar-refractivity contribution in [1.82, 2.24) is 35.7 Å². The maximum Gasteiger partial charge on any atom is 0.276 e. The number of hydrogen-bond donors (Lipinski definition) is 3. The van der Waals surface area contributed by atoms with Gasteiger partial charge >= 0.3 is 0 Å². The van der Waals surface area contributed by atoms with E-state index in [0.29, 0.717) is 23.8 Å². The van der Waals surface area contributed by atoms with Gasteiger partial charge in [0.05, 0.1) is 5.69 Å². The Hall–Kier alpha value is -3.07.